The number of aryl methyl sites for hydroxylation is 1. The summed E-state index contributed by atoms with van der Waals surface area (Å²) in [6.07, 6.45) is 1.92. The number of amidine groups is 1. The van der Waals surface area contributed by atoms with Crippen molar-refractivity contribution in [2.75, 3.05) is 17.8 Å². The number of piperidine rings is 1. The first kappa shape index (κ1) is 15.8. The van der Waals surface area contributed by atoms with Crippen molar-refractivity contribution >= 4 is 21.7 Å². The van der Waals surface area contributed by atoms with Gasteiger partial charge >= 0.3 is 10.2 Å². The summed E-state index contributed by atoms with van der Waals surface area (Å²) in [4.78, 5) is 0. The van der Waals surface area contributed by atoms with Crippen LogP contribution >= 0.6 is 0 Å². The second kappa shape index (κ2) is 6.03. The number of hydrogen-bond donors (Lipinski definition) is 3. The average Bonchev–Trinajstić information content (AvgIpc) is 2.37. The van der Waals surface area contributed by atoms with E-state index in [0.29, 0.717) is 30.3 Å². The van der Waals surface area contributed by atoms with E-state index >= 15 is 0 Å². The van der Waals surface area contributed by atoms with E-state index < -0.39 is 10.2 Å². The van der Waals surface area contributed by atoms with Gasteiger partial charge in [0.15, 0.2) is 0 Å². The van der Waals surface area contributed by atoms with E-state index in [4.69, 9.17) is 11.1 Å². The first-order valence-electron chi connectivity index (χ1n) is 7.03. The molecule has 0 amide bonds. The van der Waals surface area contributed by atoms with Crippen LogP contribution in [0.3, 0.4) is 0 Å². The van der Waals surface area contributed by atoms with Crippen molar-refractivity contribution in [2.45, 2.75) is 26.7 Å². The van der Waals surface area contributed by atoms with Crippen molar-refractivity contribution in [1.82, 2.24) is 4.31 Å². The molecule has 1 saturated heterocycles. The van der Waals surface area contributed by atoms with Crippen molar-refractivity contribution in [1.29, 1.82) is 5.41 Å². The van der Waals surface area contributed by atoms with Gasteiger partial charge in [-0.25, -0.2) is 0 Å². The molecule has 1 atom stereocenters. The lowest BCUT2D eigenvalue weighted by Crippen LogP contribution is -2.42. The van der Waals surface area contributed by atoms with Gasteiger partial charge in [0.2, 0.25) is 0 Å². The lowest BCUT2D eigenvalue weighted by Gasteiger charge is -2.30. The van der Waals surface area contributed by atoms with Crippen LogP contribution in [0.5, 0.6) is 0 Å². The summed E-state index contributed by atoms with van der Waals surface area (Å²) in [7, 11) is -3.61. The molecule has 1 aliphatic rings. The van der Waals surface area contributed by atoms with Gasteiger partial charge in [0.1, 0.15) is 5.84 Å². The molecule has 0 spiro atoms. The van der Waals surface area contributed by atoms with Crippen LogP contribution in [-0.4, -0.2) is 31.6 Å². The van der Waals surface area contributed by atoms with Gasteiger partial charge in [-0.15, -0.1) is 0 Å². The Morgan fingerprint density at radius 2 is 2.19 bits per heavy atom. The lowest BCUT2D eigenvalue weighted by atomic mass is 10.0. The molecule has 7 heteroatoms. The number of nitrogens with two attached hydrogens (primary N) is 1. The SMILES string of the molecule is Cc1cccc(NS(=O)(=O)N2CCCC(C)C2)c1C(=N)N. The highest BCUT2D eigenvalue weighted by molar-refractivity contribution is 7.90. The molecule has 1 aromatic rings. The highest BCUT2D eigenvalue weighted by atomic mass is 32.2. The molecule has 6 nitrogen and oxygen atoms in total. The molecule has 0 saturated carbocycles. The van der Waals surface area contributed by atoms with Crippen LogP contribution in [-0.2, 0) is 10.2 Å². The number of benzene rings is 1. The summed E-state index contributed by atoms with van der Waals surface area (Å²) < 4.78 is 29.0. The second-order valence-corrected chi connectivity index (χ2v) is 7.29. The molecule has 0 aromatic heterocycles. The maximum Gasteiger partial charge on any atom is 0.301 e. The number of hydrogen-bond acceptors (Lipinski definition) is 3. The minimum atomic E-state index is -3.61. The number of rotatable bonds is 4. The minimum absolute atomic E-state index is 0.141. The fraction of sp³-hybridized carbons (Fsp3) is 0.500. The van der Waals surface area contributed by atoms with Gasteiger partial charge in [-0.3, -0.25) is 10.1 Å². The maximum absolute atomic E-state index is 12.5. The average molecular weight is 310 g/mol. The Balaban J connectivity index is 2.29. The molecule has 116 valence electrons. The Morgan fingerprint density at radius 1 is 1.48 bits per heavy atom. The number of anilines is 1. The van der Waals surface area contributed by atoms with E-state index in [9.17, 15) is 8.42 Å². The topological polar surface area (TPSA) is 99.3 Å². The molecule has 0 radical (unpaired) electrons. The smallest absolute Gasteiger partial charge is 0.301 e. The van der Waals surface area contributed by atoms with Crippen molar-refractivity contribution < 1.29 is 8.42 Å². The minimum Gasteiger partial charge on any atom is -0.384 e. The second-order valence-electron chi connectivity index (χ2n) is 5.62. The summed E-state index contributed by atoms with van der Waals surface area (Å²) in [6, 6.07) is 5.19. The highest BCUT2D eigenvalue weighted by Crippen LogP contribution is 2.23. The normalized spacial score (nSPS) is 20.2. The fourth-order valence-corrected chi connectivity index (χ4v) is 4.08. The van der Waals surface area contributed by atoms with Gasteiger partial charge in [-0.1, -0.05) is 19.1 Å². The van der Waals surface area contributed by atoms with Crippen LogP contribution in [0.1, 0.15) is 30.9 Å². The lowest BCUT2D eigenvalue weighted by molar-refractivity contribution is 0.282. The first-order chi connectivity index (χ1) is 9.81. The van der Waals surface area contributed by atoms with Crippen molar-refractivity contribution in [3.63, 3.8) is 0 Å². The highest BCUT2D eigenvalue weighted by Gasteiger charge is 2.27. The standard InChI is InChI=1S/C14H22N4O2S/c1-10-5-4-8-18(9-10)21(19,20)17-12-7-3-6-11(2)13(12)14(15)16/h3,6-7,10,17H,4-5,8-9H2,1-2H3,(H3,15,16). The molecule has 4 N–H and O–H groups in total. The van der Waals surface area contributed by atoms with E-state index in [2.05, 4.69) is 11.6 Å². The molecule has 1 heterocycles. The summed E-state index contributed by atoms with van der Waals surface area (Å²) in [5.74, 6) is 0.220. The molecule has 21 heavy (non-hydrogen) atoms. The van der Waals surface area contributed by atoms with Crippen LogP contribution in [0.4, 0.5) is 5.69 Å². The summed E-state index contributed by atoms with van der Waals surface area (Å²) in [6.45, 7) is 4.91. The van der Waals surface area contributed by atoms with Gasteiger partial charge < -0.3 is 5.73 Å². The Hall–Kier alpha value is -1.60. The Bertz CT molecular complexity index is 642. The van der Waals surface area contributed by atoms with Gasteiger partial charge in [0.25, 0.3) is 0 Å². The zero-order valence-corrected chi connectivity index (χ0v) is 13.2. The molecule has 0 bridgehead atoms. The van der Waals surface area contributed by atoms with Crippen LogP contribution in [0.15, 0.2) is 18.2 Å². The molecule has 0 aliphatic carbocycles. The van der Waals surface area contributed by atoms with Crippen LogP contribution in [0.2, 0.25) is 0 Å². The maximum atomic E-state index is 12.5. The van der Waals surface area contributed by atoms with Crippen molar-refractivity contribution in [2.24, 2.45) is 11.7 Å². The third-order valence-electron chi connectivity index (χ3n) is 3.74. The molecular formula is C14H22N4O2S. The number of nitrogen functional groups attached to an aromatic ring is 1. The zero-order valence-electron chi connectivity index (χ0n) is 12.4. The molecular weight excluding hydrogens is 288 g/mol. The van der Waals surface area contributed by atoms with Crippen LogP contribution in [0, 0.1) is 18.3 Å². The number of nitrogens with zero attached hydrogens (tertiary/aromatic N) is 1. The van der Waals surface area contributed by atoms with Crippen molar-refractivity contribution in [3.8, 4) is 0 Å². The summed E-state index contributed by atoms with van der Waals surface area (Å²) in [5, 5.41) is 7.63. The number of nitrogens with one attached hydrogen (secondary N) is 2. The van der Waals surface area contributed by atoms with Gasteiger partial charge in [-0.2, -0.15) is 12.7 Å². The Labute approximate surface area is 126 Å². The van der Waals surface area contributed by atoms with E-state index in [0.717, 1.165) is 18.4 Å². The third-order valence-corrected chi connectivity index (χ3v) is 5.23. The Kier molecular flexibility index (Phi) is 4.53. The largest absolute Gasteiger partial charge is 0.384 e. The Morgan fingerprint density at radius 3 is 2.81 bits per heavy atom. The predicted octanol–water partition coefficient (Wildman–Crippen LogP) is 1.67. The fourth-order valence-electron chi connectivity index (χ4n) is 2.68. The molecule has 2 rings (SSSR count). The van der Waals surface area contributed by atoms with Crippen molar-refractivity contribution in [3.05, 3.63) is 29.3 Å². The van der Waals surface area contributed by atoms with E-state index in [-0.39, 0.29) is 5.84 Å². The van der Waals surface area contributed by atoms with Crippen LogP contribution < -0.4 is 10.5 Å². The molecule has 1 aliphatic heterocycles. The predicted molar refractivity (Wildman–Crippen MR) is 84.7 cm³/mol. The molecule has 1 aromatic carbocycles. The third kappa shape index (κ3) is 3.54. The van der Waals surface area contributed by atoms with Crippen LogP contribution in [0.25, 0.3) is 0 Å². The van der Waals surface area contributed by atoms with E-state index in [1.807, 2.05) is 0 Å². The molecule has 1 unspecified atom stereocenters. The van der Waals surface area contributed by atoms with E-state index in [1.54, 1.807) is 25.1 Å². The quantitative estimate of drug-likeness (QED) is 0.582. The summed E-state index contributed by atoms with van der Waals surface area (Å²) in [5.41, 5.74) is 7.14. The molecule has 1 fully saturated rings. The van der Waals surface area contributed by atoms with Gasteiger partial charge in [0.05, 0.1) is 5.69 Å². The van der Waals surface area contributed by atoms with Gasteiger partial charge in [0, 0.05) is 18.7 Å². The summed E-state index contributed by atoms with van der Waals surface area (Å²) >= 11 is 0. The zero-order chi connectivity index (χ0) is 15.6. The first-order valence-corrected chi connectivity index (χ1v) is 8.47. The van der Waals surface area contributed by atoms with Gasteiger partial charge in [-0.05, 0) is 37.3 Å². The van der Waals surface area contributed by atoms with E-state index in [1.165, 1.54) is 4.31 Å². The monoisotopic (exact) mass is 310 g/mol.